The number of carbonyl (C=O) groups is 2. The van der Waals surface area contributed by atoms with E-state index in [1.807, 2.05) is 67.7 Å². The fraction of sp³-hybridized carbons (Fsp3) is 0.0370. The SMILES string of the molecule is Cc1ccc(-c2nn(-c3ccccc3)cc2C=C2SC(=S)N(NC(=O)c3ccccc3Cl)C2=O)cc1. The normalized spacial score (nSPS) is 14.5. The molecule has 0 saturated carbocycles. The van der Waals surface area contributed by atoms with E-state index in [0.29, 0.717) is 4.91 Å². The number of nitrogens with zero attached hydrogens (tertiary/aromatic N) is 3. The topological polar surface area (TPSA) is 67.2 Å². The summed E-state index contributed by atoms with van der Waals surface area (Å²) in [6.07, 6.45) is 3.63. The van der Waals surface area contributed by atoms with Crippen LogP contribution in [0.1, 0.15) is 21.5 Å². The van der Waals surface area contributed by atoms with Crippen LogP contribution in [-0.4, -0.2) is 30.9 Å². The number of hydrazine groups is 1. The molecule has 6 nitrogen and oxygen atoms in total. The lowest BCUT2D eigenvalue weighted by atomic mass is 10.1. The minimum absolute atomic E-state index is 0.221. The van der Waals surface area contributed by atoms with Crippen molar-refractivity contribution in [3.63, 3.8) is 0 Å². The number of hydrogen-bond acceptors (Lipinski definition) is 5. The van der Waals surface area contributed by atoms with Crippen LogP contribution in [0.4, 0.5) is 0 Å². The van der Waals surface area contributed by atoms with Gasteiger partial charge in [0.15, 0.2) is 4.32 Å². The highest BCUT2D eigenvalue weighted by Crippen LogP contribution is 2.34. The van der Waals surface area contributed by atoms with Crippen molar-refractivity contribution in [3.05, 3.63) is 112 Å². The molecule has 5 rings (SSSR count). The Morgan fingerprint density at radius 1 is 1.03 bits per heavy atom. The molecular weight excluding hydrogens is 512 g/mol. The standard InChI is InChI=1S/C27H19ClN4O2S2/c1-17-11-13-18(14-12-17)24-19(16-31(29-24)20-7-3-2-4-8-20)15-23-26(34)32(27(35)36-23)30-25(33)21-9-5-6-10-22(21)28/h2-16H,1H3,(H,30,33). The molecule has 0 aliphatic carbocycles. The molecule has 0 bridgehead atoms. The minimum atomic E-state index is -0.518. The Kier molecular flexibility index (Phi) is 6.73. The summed E-state index contributed by atoms with van der Waals surface area (Å²) in [5.41, 5.74) is 7.25. The number of amides is 2. The zero-order chi connectivity index (χ0) is 25.2. The molecule has 1 aromatic heterocycles. The van der Waals surface area contributed by atoms with E-state index in [1.54, 1.807) is 35.0 Å². The number of rotatable bonds is 5. The Labute approximate surface area is 222 Å². The molecule has 1 aliphatic rings. The second-order valence-electron chi connectivity index (χ2n) is 8.02. The van der Waals surface area contributed by atoms with Gasteiger partial charge >= 0.3 is 0 Å². The number of aryl methyl sites for hydroxylation is 1. The average molecular weight is 531 g/mol. The number of halogens is 1. The zero-order valence-corrected chi connectivity index (χ0v) is 21.4. The van der Waals surface area contributed by atoms with Crippen molar-refractivity contribution in [1.82, 2.24) is 20.2 Å². The number of nitrogens with one attached hydrogen (secondary N) is 1. The van der Waals surface area contributed by atoms with E-state index in [1.165, 1.54) is 0 Å². The molecule has 1 fully saturated rings. The van der Waals surface area contributed by atoms with Gasteiger partial charge in [-0.3, -0.25) is 15.0 Å². The van der Waals surface area contributed by atoms with E-state index < -0.39 is 11.8 Å². The number of hydrogen-bond donors (Lipinski definition) is 1. The zero-order valence-electron chi connectivity index (χ0n) is 19.0. The van der Waals surface area contributed by atoms with E-state index in [2.05, 4.69) is 5.43 Å². The predicted octanol–water partition coefficient (Wildman–Crippen LogP) is 6.05. The highest BCUT2D eigenvalue weighted by molar-refractivity contribution is 8.26. The van der Waals surface area contributed by atoms with Crippen molar-refractivity contribution in [2.45, 2.75) is 6.92 Å². The molecule has 0 atom stereocenters. The first-order valence-corrected chi connectivity index (χ1v) is 12.6. The van der Waals surface area contributed by atoms with Gasteiger partial charge in [0.25, 0.3) is 11.8 Å². The largest absolute Gasteiger partial charge is 0.285 e. The van der Waals surface area contributed by atoms with Crippen LogP contribution in [0.15, 0.2) is 90.0 Å². The van der Waals surface area contributed by atoms with Crippen LogP contribution in [0.25, 0.3) is 23.0 Å². The summed E-state index contributed by atoms with van der Waals surface area (Å²) in [6, 6.07) is 24.4. The van der Waals surface area contributed by atoms with E-state index in [-0.39, 0.29) is 14.9 Å². The summed E-state index contributed by atoms with van der Waals surface area (Å²) in [5, 5.41) is 6.16. The number of aromatic nitrogens is 2. The Morgan fingerprint density at radius 2 is 1.72 bits per heavy atom. The van der Waals surface area contributed by atoms with Crippen molar-refractivity contribution in [2.24, 2.45) is 0 Å². The molecule has 1 saturated heterocycles. The number of carbonyl (C=O) groups excluding carboxylic acids is 2. The van der Waals surface area contributed by atoms with Gasteiger partial charge in [-0.2, -0.15) is 10.1 Å². The highest BCUT2D eigenvalue weighted by Gasteiger charge is 2.34. The van der Waals surface area contributed by atoms with Crippen molar-refractivity contribution >= 4 is 57.8 Å². The Bertz CT molecular complexity index is 1510. The molecule has 178 valence electrons. The monoisotopic (exact) mass is 530 g/mol. The van der Waals surface area contributed by atoms with Crippen LogP contribution in [-0.2, 0) is 4.79 Å². The molecule has 0 unspecified atom stereocenters. The summed E-state index contributed by atoms with van der Waals surface area (Å²) in [6.45, 7) is 2.02. The smallest absolute Gasteiger partial charge is 0.267 e. The Balaban J connectivity index is 1.48. The first-order valence-electron chi connectivity index (χ1n) is 11.0. The second kappa shape index (κ2) is 10.1. The Morgan fingerprint density at radius 3 is 2.44 bits per heavy atom. The van der Waals surface area contributed by atoms with Crippen molar-refractivity contribution in [1.29, 1.82) is 0 Å². The fourth-order valence-corrected chi connectivity index (χ4v) is 5.05. The van der Waals surface area contributed by atoms with E-state index in [9.17, 15) is 9.59 Å². The minimum Gasteiger partial charge on any atom is -0.267 e. The third-order valence-corrected chi connectivity index (χ3v) is 7.13. The summed E-state index contributed by atoms with van der Waals surface area (Å²) >= 11 is 12.6. The lowest BCUT2D eigenvalue weighted by Gasteiger charge is -2.16. The quantitative estimate of drug-likeness (QED) is 0.251. The molecule has 36 heavy (non-hydrogen) atoms. The lowest BCUT2D eigenvalue weighted by Crippen LogP contribution is -2.44. The molecule has 1 N–H and O–H groups in total. The second-order valence-corrected chi connectivity index (χ2v) is 10.1. The molecular formula is C27H19ClN4O2S2. The fourth-order valence-electron chi connectivity index (χ4n) is 3.65. The van der Waals surface area contributed by atoms with Crippen molar-refractivity contribution in [3.8, 4) is 16.9 Å². The maximum absolute atomic E-state index is 13.2. The number of thioether (sulfide) groups is 1. The van der Waals surface area contributed by atoms with Crippen LogP contribution in [0.3, 0.4) is 0 Å². The molecule has 1 aliphatic heterocycles. The highest BCUT2D eigenvalue weighted by atomic mass is 35.5. The summed E-state index contributed by atoms with van der Waals surface area (Å²) in [7, 11) is 0. The van der Waals surface area contributed by atoms with Crippen molar-refractivity contribution < 1.29 is 9.59 Å². The number of thiocarbonyl (C=S) groups is 1. The Hall–Kier alpha value is -3.72. The van der Waals surface area contributed by atoms with Gasteiger partial charge in [-0.05, 0) is 49.5 Å². The average Bonchev–Trinajstić information content (AvgIpc) is 3.42. The molecule has 4 aromatic rings. The van der Waals surface area contributed by atoms with E-state index in [4.69, 9.17) is 28.9 Å². The van der Waals surface area contributed by atoms with Gasteiger partial charge in [-0.1, -0.05) is 83.5 Å². The van der Waals surface area contributed by atoms with Gasteiger partial charge < -0.3 is 0 Å². The van der Waals surface area contributed by atoms with Crippen LogP contribution >= 0.6 is 35.6 Å². The molecule has 9 heteroatoms. The van der Waals surface area contributed by atoms with Crippen LogP contribution in [0.2, 0.25) is 5.02 Å². The van der Waals surface area contributed by atoms with Gasteiger partial charge in [0.1, 0.15) is 0 Å². The molecule has 2 heterocycles. The third kappa shape index (κ3) is 4.83. The first-order chi connectivity index (χ1) is 17.4. The first kappa shape index (κ1) is 24.0. The van der Waals surface area contributed by atoms with Gasteiger partial charge in [0.2, 0.25) is 0 Å². The summed E-state index contributed by atoms with van der Waals surface area (Å²) in [4.78, 5) is 26.3. The molecule has 0 spiro atoms. The van der Waals surface area contributed by atoms with Gasteiger partial charge in [-0.25, -0.2) is 4.68 Å². The van der Waals surface area contributed by atoms with E-state index in [0.717, 1.165) is 44.8 Å². The summed E-state index contributed by atoms with van der Waals surface area (Å²) < 4.78 is 2.00. The van der Waals surface area contributed by atoms with Crippen LogP contribution in [0.5, 0.6) is 0 Å². The van der Waals surface area contributed by atoms with Crippen molar-refractivity contribution in [2.75, 3.05) is 0 Å². The van der Waals surface area contributed by atoms with Gasteiger partial charge in [-0.15, -0.1) is 0 Å². The maximum atomic E-state index is 13.2. The van der Waals surface area contributed by atoms with Crippen LogP contribution in [0, 0.1) is 6.92 Å². The lowest BCUT2D eigenvalue weighted by molar-refractivity contribution is -0.123. The van der Waals surface area contributed by atoms with E-state index >= 15 is 0 Å². The molecule has 3 aromatic carbocycles. The maximum Gasteiger partial charge on any atom is 0.285 e. The van der Waals surface area contributed by atoms with Gasteiger partial charge in [0.05, 0.1) is 26.9 Å². The molecule has 0 radical (unpaired) electrons. The third-order valence-electron chi connectivity index (χ3n) is 5.50. The number of para-hydroxylation sites is 1. The number of benzene rings is 3. The predicted molar refractivity (Wildman–Crippen MR) is 148 cm³/mol. The molecule has 2 amide bonds. The summed E-state index contributed by atoms with van der Waals surface area (Å²) in [5.74, 6) is -0.942. The van der Waals surface area contributed by atoms with Gasteiger partial charge in [0, 0.05) is 17.3 Å². The van der Waals surface area contributed by atoms with Crippen LogP contribution < -0.4 is 5.43 Å².